The Hall–Kier alpha value is -2.46. The Bertz CT molecular complexity index is 886. The van der Waals surface area contributed by atoms with Crippen molar-refractivity contribution in [2.45, 2.75) is 19.4 Å². The van der Waals surface area contributed by atoms with Gasteiger partial charge in [0.1, 0.15) is 5.75 Å². The number of carbonyl (C=O) groups excluding carboxylic acids is 1. The first kappa shape index (κ1) is 19.3. The van der Waals surface area contributed by atoms with Gasteiger partial charge in [0.25, 0.3) is 0 Å². The average Bonchev–Trinajstić information content (AvgIpc) is 3.14. The van der Waals surface area contributed by atoms with Crippen molar-refractivity contribution in [3.63, 3.8) is 0 Å². The van der Waals surface area contributed by atoms with E-state index in [-0.39, 0.29) is 18.4 Å². The highest BCUT2D eigenvalue weighted by Gasteiger charge is 2.28. The van der Waals surface area contributed by atoms with E-state index in [4.69, 9.17) is 9.15 Å². The van der Waals surface area contributed by atoms with Crippen LogP contribution < -0.4 is 10.1 Å². The molecule has 1 saturated heterocycles. The maximum Gasteiger partial charge on any atom is 0.247 e. The van der Waals surface area contributed by atoms with Gasteiger partial charge in [-0.1, -0.05) is 0 Å². The van der Waals surface area contributed by atoms with Crippen molar-refractivity contribution < 1.29 is 22.4 Å². The lowest BCUT2D eigenvalue weighted by Crippen LogP contribution is -2.42. The van der Waals surface area contributed by atoms with Gasteiger partial charge in [-0.2, -0.15) is 0 Å². The summed E-state index contributed by atoms with van der Waals surface area (Å²) in [7, 11) is -1.61. The first-order valence-corrected chi connectivity index (χ1v) is 10.4. The molecule has 146 valence electrons. The summed E-state index contributed by atoms with van der Waals surface area (Å²) in [6.45, 7) is 0.854. The summed E-state index contributed by atoms with van der Waals surface area (Å²) in [4.78, 5) is 12.3. The van der Waals surface area contributed by atoms with Crippen LogP contribution in [-0.2, 0) is 21.4 Å². The van der Waals surface area contributed by atoms with Crippen LogP contribution in [0.1, 0.15) is 18.7 Å². The fourth-order valence-electron chi connectivity index (χ4n) is 2.93. The van der Waals surface area contributed by atoms with Crippen LogP contribution >= 0.6 is 0 Å². The van der Waals surface area contributed by atoms with Gasteiger partial charge in [0.15, 0.2) is 0 Å². The van der Waals surface area contributed by atoms with Crippen LogP contribution in [0.5, 0.6) is 5.75 Å². The minimum Gasteiger partial charge on any atom is -0.497 e. The summed E-state index contributed by atoms with van der Waals surface area (Å²) in [5.74, 6) is 1.05. The summed E-state index contributed by atoms with van der Waals surface area (Å²) in [5, 5.41) is 10.7. The lowest BCUT2D eigenvalue weighted by Gasteiger charge is -2.29. The number of methoxy groups -OCH3 is 1. The van der Waals surface area contributed by atoms with Crippen molar-refractivity contribution in [3.05, 3.63) is 30.2 Å². The van der Waals surface area contributed by atoms with E-state index in [1.165, 1.54) is 10.6 Å². The molecule has 0 spiro atoms. The fourth-order valence-corrected chi connectivity index (χ4v) is 3.81. The van der Waals surface area contributed by atoms with Gasteiger partial charge in [0, 0.05) is 24.6 Å². The zero-order chi connectivity index (χ0) is 19.4. The van der Waals surface area contributed by atoms with E-state index in [2.05, 4.69) is 15.5 Å². The highest BCUT2D eigenvalue weighted by atomic mass is 32.2. The number of hydrogen-bond donors (Lipinski definition) is 1. The van der Waals surface area contributed by atoms with Crippen molar-refractivity contribution in [3.8, 4) is 17.2 Å². The van der Waals surface area contributed by atoms with Crippen molar-refractivity contribution in [2.75, 3.05) is 26.5 Å². The molecule has 0 saturated carbocycles. The number of sulfonamides is 1. The number of nitrogens with one attached hydrogen (secondary N) is 1. The molecule has 1 aliphatic heterocycles. The Labute approximate surface area is 157 Å². The van der Waals surface area contributed by atoms with Gasteiger partial charge in [-0.3, -0.25) is 4.79 Å². The van der Waals surface area contributed by atoms with Crippen LogP contribution in [0.2, 0.25) is 0 Å². The largest absolute Gasteiger partial charge is 0.497 e. The number of aromatic nitrogens is 2. The Kier molecular flexibility index (Phi) is 5.76. The molecule has 1 amide bonds. The first-order valence-electron chi connectivity index (χ1n) is 8.56. The van der Waals surface area contributed by atoms with Gasteiger partial charge >= 0.3 is 0 Å². The normalized spacial score (nSPS) is 16.2. The van der Waals surface area contributed by atoms with E-state index in [1.54, 1.807) is 19.2 Å². The van der Waals surface area contributed by atoms with Crippen LogP contribution in [-0.4, -0.2) is 55.3 Å². The number of nitrogens with zero attached hydrogens (tertiary/aromatic N) is 3. The highest BCUT2D eigenvalue weighted by molar-refractivity contribution is 7.88. The maximum absolute atomic E-state index is 12.3. The molecule has 9 nitrogen and oxygen atoms in total. The monoisotopic (exact) mass is 394 g/mol. The van der Waals surface area contributed by atoms with Gasteiger partial charge in [-0.25, -0.2) is 12.7 Å². The first-order chi connectivity index (χ1) is 12.9. The molecule has 0 atom stereocenters. The van der Waals surface area contributed by atoms with Crippen LogP contribution in [0.15, 0.2) is 28.7 Å². The molecule has 1 N–H and O–H groups in total. The van der Waals surface area contributed by atoms with Gasteiger partial charge in [0.05, 0.1) is 19.9 Å². The van der Waals surface area contributed by atoms with E-state index >= 15 is 0 Å². The van der Waals surface area contributed by atoms with Crippen LogP contribution in [0.4, 0.5) is 0 Å². The standard InChI is InChI=1S/C17H22N4O5S/c1-25-14-5-3-13(4-6-14)17-20-19-15(26-17)11-18-16(22)12-7-9-21(10-8-12)27(2,23)24/h3-6,12H,7-11H2,1-2H3,(H,18,22). The number of carbonyl (C=O) groups is 1. The molecule has 27 heavy (non-hydrogen) atoms. The minimum atomic E-state index is -3.20. The van der Waals surface area contributed by atoms with Crippen molar-refractivity contribution in [1.29, 1.82) is 0 Å². The number of rotatable bonds is 6. The molecule has 1 aromatic heterocycles. The van der Waals surface area contributed by atoms with E-state index in [9.17, 15) is 13.2 Å². The van der Waals surface area contributed by atoms with Crippen LogP contribution in [0, 0.1) is 5.92 Å². The Morgan fingerprint density at radius 3 is 2.52 bits per heavy atom. The lowest BCUT2D eigenvalue weighted by molar-refractivity contribution is -0.126. The zero-order valence-corrected chi connectivity index (χ0v) is 16.0. The van der Waals surface area contributed by atoms with E-state index < -0.39 is 10.0 Å². The Morgan fingerprint density at radius 2 is 1.93 bits per heavy atom. The van der Waals surface area contributed by atoms with Crippen molar-refractivity contribution >= 4 is 15.9 Å². The smallest absolute Gasteiger partial charge is 0.247 e. The van der Waals surface area contributed by atoms with Gasteiger partial charge in [-0.15, -0.1) is 10.2 Å². The highest BCUT2D eigenvalue weighted by Crippen LogP contribution is 2.22. The Morgan fingerprint density at radius 1 is 1.26 bits per heavy atom. The molecule has 1 aromatic carbocycles. The third-order valence-electron chi connectivity index (χ3n) is 4.51. The predicted molar refractivity (Wildman–Crippen MR) is 97.3 cm³/mol. The van der Waals surface area contributed by atoms with E-state index in [0.717, 1.165) is 11.3 Å². The molecular weight excluding hydrogens is 372 g/mol. The molecule has 0 radical (unpaired) electrons. The molecule has 2 aromatic rings. The van der Waals surface area contributed by atoms with Crippen LogP contribution in [0.3, 0.4) is 0 Å². The molecule has 1 fully saturated rings. The molecule has 3 rings (SSSR count). The van der Waals surface area contributed by atoms with Crippen molar-refractivity contribution in [1.82, 2.24) is 19.8 Å². The number of benzene rings is 1. The van der Waals surface area contributed by atoms with Crippen molar-refractivity contribution in [2.24, 2.45) is 5.92 Å². The SMILES string of the molecule is COc1ccc(-c2nnc(CNC(=O)C3CCN(S(C)(=O)=O)CC3)o2)cc1. The summed E-state index contributed by atoms with van der Waals surface area (Å²) in [5.41, 5.74) is 0.758. The summed E-state index contributed by atoms with van der Waals surface area (Å²) < 4.78 is 35.1. The second-order valence-electron chi connectivity index (χ2n) is 6.38. The molecule has 0 unspecified atom stereocenters. The van der Waals surface area contributed by atoms with E-state index in [0.29, 0.717) is 37.7 Å². The lowest BCUT2D eigenvalue weighted by atomic mass is 9.97. The third-order valence-corrected chi connectivity index (χ3v) is 5.81. The molecular formula is C17H22N4O5S. The van der Waals surface area contributed by atoms with Gasteiger partial charge in [0.2, 0.25) is 27.7 Å². The number of ether oxygens (including phenoxy) is 1. The minimum absolute atomic E-state index is 0.132. The topological polar surface area (TPSA) is 115 Å². The summed E-state index contributed by atoms with van der Waals surface area (Å²) >= 11 is 0. The number of amides is 1. The molecule has 10 heteroatoms. The maximum atomic E-state index is 12.3. The molecule has 0 aliphatic carbocycles. The average molecular weight is 394 g/mol. The zero-order valence-electron chi connectivity index (χ0n) is 15.2. The van der Waals surface area contributed by atoms with Gasteiger partial charge in [-0.05, 0) is 37.1 Å². The van der Waals surface area contributed by atoms with E-state index in [1.807, 2.05) is 12.1 Å². The second-order valence-corrected chi connectivity index (χ2v) is 8.37. The molecule has 1 aliphatic rings. The quantitative estimate of drug-likeness (QED) is 0.778. The Balaban J connectivity index is 1.52. The van der Waals surface area contributed by atoms with Crippen LogP contribution in [0.25, 0.3) is 11.5 Å². The number of hydrogen-bond acceptors (Lipinski definition) is 7. The summed E-state index contributed by atoms with van der Waals surface area (Å²) in [6, 6.07) is 7.21. The molecule has 2 heterocycles. The third kappa shape index (κ3) is 4.83. The number of piperidine rings is 1. The summed E-state index contributed by atoms with van der Waals surface area (Å²) in [6.07, 6.45) is 2.18. The predicted octanol–water partition coefficient (Wildman–Crippen LogP) is 1.03. The second kappa shape index (κ2) is 8.05. The van der Waals surface area contributed by atoms with Gasteiger partial charge < -0.3 is 14.5 Å². The molecule has 0 bridgehead atoms. The fraction of sp³-hybridized carbons (Fsp3) is 0.471.